The molecule has 0 bridgehead atoms. The number of benzene rings is 2. The minimum atomic E-state index is -3.70. The molecule has 1 N–H and O–H groups in total. The van der Waals surface area contributed by atoms with Gasteiger partial charge in [0.1, 0.15) is 0 Å². The van der Waals surface area contributed by atoms with Crippen molar-refractivity contribution in [3.05, 3.63) is 52.1 Å². The van der Waals surface area contributed by atoms with Crippen molar-refractivity contribution in [1.29, 1.82) is 0 Å². The number of carbonyl (C=O) groups is 1. The molecule has 0 spiro atoms. The molecule has 0 saturated carbocycles. The Hall–Kier alpha value is -3.43. The predicted octanol–water partition coefficient (Wildman–Crippen LogP) is 2.92. The van der Waals surface area contributed by atoms with Gasteiger partial charge in [0, 0.05) is 30.4 Å². The van der Waals surface area contributed by atoms with E-state index in [1.165, 1.54) is 35.2 Å². The van der Waals surface area contributed by atoms with Gasteiger partial charge in [0.25, 0.3) is 5.69 Å². The van der Waals surface area contributed by atoms with E-state index in [0.717, 1.165) is 5.56 Å². The van der Waals surface area contributed by atoms with Crippen molar-refractivity contribution in [3.8, 4) is 11.5 Å². The van der Waals surface area contributed by atoms with E-state index in [1.54, 1.807) is 6.07 Å². The van der Waals surface area contributed by atoms with Crippen LogP contribution < -0.4 is 19.7 Å². The summed E-state index contributed by atoms with van der Waals surface area (Å²) in [6, 6.07) is 8.55. The van der Waals surface area contributed by atoms with Gasteiger partial charge in [0.05, 0.1) is 17.2 Å². The molecule has 0 radical (unpaired) electrons. The maximum absolute atomic E-state index is 13.0. The van der Waals surface area contributed by atoms with E-state index in [-0.39, 0.29) is 29.6 Å². The summed E-state index contributed by atoms with van der Waals surface area (Å²) in [7, 11) is 0. The SMILES string of the molecule is O=C(CNc1ccc2c(c1)OC(F)(F)O2)N1CCc2ccc([N+](=O)[O-])cc21. The summed E-state index contributed by atoms with van der Waals surface area (Å²) >= 11 is 0. The van der Waals surface area contributed by atoms with Crippen LogP contribution >= 0.6 is 0 Å². The fraction of sp³-hybridized carbons (Fsp3) is 0.235. The number of nitrogens with one attached hydrogen (secondary N) is 1. The number of nitro groups is 1. The van der Waals surface area contributed by atoms with Crippen molar-refractivity contribution in [2.45, 2.75) is 12.7 Å². The van der Waals surface area contributed by atoms with Gasteiger partial charge >= 0.3 is 6.29 Å². The number of anilines is 2. The number of ether oxygens (including phenoxy) is 2. The first-order valence-electron chi connectivity index (χ1n) is 8.04. The molecular formula is C17H13F2N3O5. The van der Waals surface area contributed by atoms with Crippen molar-refractivity contribution in [2.24, 2.45) is 0 Å². The molecule has 2 heterocycles. The average molecular weight is 377 g/mol. The van der Waals surface area contributed by atoms with Crippen LogP contribution in [0.25, 0.3) is 0 Å². The monoisotopic (exact) mass is 377 g/mol. The molecule has 2 aliphatic rings. The Bertz CT molecular complexity index is 950. The summed E-state index contributed by atoms with van der Waals surface area (Å²) in [5, 5.41) is 13.8. The fourth-order valence-electron chi connectivity index (χ4n) is 3.07. The van der Waals surface area contributed by atoms with Crippen LogP contribution in [-0.2, 0) is 11.2 Å². The topological polar surface area (TPSA) is 93.9 Å². The lowest BCUT2D eigenvalue weighted by Crippen LogP contribution is -2.34. The van der Waals surface area contributed by atoms with E-state index < -0.39 is 11.2 Å². The van der Waals surface area contributed by atoms with Gasteiger partial charge in [-0.3, -0.25) is 14.9 Å². The molecule has 4 rings (SSSR count). The number of amides is 1. The molecule has 8 nitrogen and oxygen atoms in total. The molecule has 0 saturated heterocycles. The molecule has 1 amide bonds. The summed E-state index contributed by atoms with van der Waals surface area (Å²) < 4.78 is 34.8. The summed E-state index contributed by atoms with van der Waals surface area (Å²) in [4.78, 5) is 24.4. The van der Waals surface area contributed by atoms with E-state index in [1.807, 2.05) is 0 Å². The van der Waals surface area contributed by atoms with E-state index >= 15 is 0 Å². The minimum Gasteiger partial charge on any atom is -0.395 e. The molecule has 0 aliphatic carbocycles. The molecule has 140 valence electrons. The van der Waals surface area contributed by atoms with E-state index in [2.05, 4.69) is 14.8 Å². The first-order chi connectivity index (χ1) is 12.8. The summed E-state index contributed by atoms with van der Waals surface area (Å²) in [6.45, 7) is 0.308. The van der Waals surface area contributed by atoms with Crippen LogP contribution in [0.3, 0.4) is 0 Å². The number of alkyl halides is 2. The Labute approximate surface area is 151 Å². The number of hydrogen-bond acceptors (Lipinski definition) is 6. The van der Waals surface area contributed by atoms with E-state index in [9.17, 15) is 23.7 Å². The van der Waals surface area contributed by atoms with Crippen LogP contribution in [0.4, 0.5) is 25.8 Å². The Morgan fingerprint density at radius 1 is 1.22 bits per heavy atom. The highest BCUT2D eigenvalue weighted by Gasteiger charge is 2.43. The summed E-state index contributed by atoms with van der Waals surface area (Å²) in [5.41, 5.74) is 1.69. The maximum Gasteiger partial charge on any atom is 0.586 e. The number of nitro benzene ring substituents is 1. The number of carbonyl (C=O) groups excluding carboxylic acids is 1. The van der Waals surface area contributed by atoms with Gasteiger partial charge in [-0.15, -0.1) is 8.78 Å². The fourth-order valence-corrected chi connectivity index (χ4v) is 3.07. The molecule has 27 heavy (non-hydrogen) atoms. The van der Waals surface area contributed by atoms with Crippen LogP contribution in [0, 0.1) is 10.1 Å². The quantitative estimate of drug-likeness (QED) is 0.650. The number of halogens is 2. The standard InChI is InChI=1S/C17H13F2N3O5/c18-17(19)26-14-4-2-11(7-15(14)27-17)20-9-16(23)21-6-5-10-1-3-12(22(24)25)8-13(10)21/h1-4,7-8,20H,5-6,9H2. The molecule has 2 aliphatic heterocycles. The first-order valence-corrected chi connectivity index (χ1v) is 8.04. The predicted molar refractivity (Wildman–Crippen MR) is 90.3 cm³/mol. The second-order valence-corrected chi connectivity index (χ2v) is 6.05. The summed E-state index contributed by atoms with van der Waals surface area (Å²) in [6.07, 6.45) is -3.09. The molecule has 0 aromatic heterocycles. The van der Waals surface area contributed by atoms with E-state index in [0.29, 0.717) is 24.3 Å². The van der Waals surface area contributed by atoms with Gasteiger partial charge in [-0.2, -0.15) is 0 Å². The highest BCUT2D eigenvalue weighted by atomic mass is 19.3. The average Bonchev–Trinajstić information content (AvgIpc) is 3.17. The Morgan fingerprint density at radius 2 is 2.00 bits per heavy atom. The highest BCUT2D eigenvalue weighted by molar-refractivity contribution is 5.98. The first kappa shape index (κ1) is 17.0. The second-order valence-electron chi connectivity index (χ2n) is 6.05. The molecular weight excluding hydrogens is 364 g/mol. The number of hydrogen-bond donors (Lipinski definition) is 1. The summed E-state index contributed by atoms with van der Waals surface area (Å²) in [5.74, 6) is -0.505. The van der Waals surface area contributed by atoms with Crippen LogP contribution in [0.2, 0.25) is 0 Å². The van der Waals surface area contributed by atoms with Gasteiger partial charge in [-0.1, -0.05) is 6.07 Å². The van der Waals surface area contributed by atoms with Crippen LogP contribution in [-0.4, -0.2) is 30.2 Å². The van der Waals surface area contributed by atoms with Crippen molar-refractivity contribution in [2.75, 3.05) is 23.3 Å². The molecule has 0 unspecified atom stereocenters. The third kappa shape index (κ3) is 3.21. The maximum atomic E-state index is 13.0. The Balaban J connectivity index is 1.45. The van der Waals surface area contributed by atoms with Crippen LogP contribution in [0.5, 0.6) is 11.5 Å². The lowest BCUT2D eigenvalue weighted by atomic mass is 10.1. The van der Waals surface area contributed by atoms with Gasteiger partial charge in [0.2, 0.25) is 5.91 Å². The van der Waals surface area contributed by atoms with Crippen molar-refractivity contribution in [1.82, 2.24) is 0 Å². The normalized spacial score (nSPS) is 16.1. The van der Waals surface area contributed by atoms with Crippen LogP contribution in [0.15, 0.2) is 36.4 Å². The van der Waals surface area contributed by atoms with Gasteiger partial charge in [0.15, 0.2) is 11.5 Å². The Kier molecular flexibility index (Phi) is 3.83. The van der Waals surface area contributed by atoms with Gasteiger partial charge < -0.3 is 19.7 Å². The zero-order chi connectivity index (χ0) is 19.2. The zero-order valence-corrected chi connectivity index (χ0v) is 13.8. The molecule has 0 atom stereocenters. The van der Waals surface area contributed by atoms with Gasteiger partial charge in [-0.05, 0) is 24.1 Å². The smallest absolute Gasteiger partial charge is 0.395 e. The lowest BCUT2D eigenvalue weighted by Gasteiger charge is -2.18. The minimum absolute atomic E-state index is 0.0851. The zero-order valence-electron chi connectivity index (χ0n) is 13.8. The molecule has 2 aromatic rings. The number of fused-ring (bicyclic) bond motifs is 2. The molecule has 2 aromatic carbocycles. The highest BCUT2D eigenvalue weighted by Crippen LogP contribution is 2.42. The number of non-ortho nitro benzene ring substituents is 1. The van der Waals surface area contributed by atoms with Gasteiger partial charge in [-0.25, -0.2) is 0 Å². The van der Waals surface area contributed by atoms with Crippen molar-refractivity contribution in [3.63, 3.8) is 0 Å². The third-order valence-electron chi connectivity index (χ3n) is 4.32. The third-order valence-corrected chi connectivity index (χ3v) is 4.32. The number of nitrogens with zero attached hydrogens (tertiary/aromatic N) is 2. The Morgan fingerprint density at radius 3 is 2.78 bits per heavy atom. The van der Waals surface area contributed by atoms with Crippen LogP contribution in [0.1, 0.15) is 5.56 Å². The molecule has 0 fully saturated rings. The van der Waals surface area contributed by atoms with Crippen molar-refractivity contribution < 1.29 is 28.0 Å². The molecule has 10 heteroatoms. The largest absolute Gasteiger partial charge is 0.586 e. The van der Waals surface area contributed by atoms with Crippen molar-refractivity contribution >= 4 is 23.0 Å². The van der Waals surface area contributed by atoms with E-state index in [4.69, 9.17) is 0 Å². The second kappa shape index (κ2) is 6.08. The number of rotatable bonds is 4. The lowest BCUT2D eigenvalue weighted by molar-refractivity contribution is -0.384.